The Morgan fingerprint density at radius 3 is 2.76 bits per heavy atom. The van der Waals surface area contributed by atoms with E-state index in [1.54, 1.807) is 24.3 Å². The predicted molar refractivity (Wildman–Crippen MR) is 131 cm³/mol. The molecule has 2 aromatic rings. The molecule has 6 heteroatoms. The number of nitriles is 1. The molecule has 0 spiro atoms. The first-order valence-electron chi connectivity index (χ1n) is 11.7. The van der Waals surface area contributed by atoms with E-state index in [0.717, 1.165) is 29.7 Å². The van der Waals surface area contributed by atoms with Crippen LogP contribution in [0.1, 0.15) is 60.2 Å². The lowest BCUT2D eigenvalue weighted by Gasteiger charge is -2.44. The van der Waals surface area contributed by atoms with Gasteiger partial charge in [0.25, 0.3) is 5.91 Å². The Morgan fingerprint density at radius 2 is 2.06 bits per heavy atom. The molecule has 0 bridgehead atoms. The number of piperidine rings is 1. The lowest BCUT2D eigenvalue weighted by Crippen LogP contribution is -2.51. The fourth-order valence-electron chi connectivity index (χ4n) is 5.47. The molecule has 4 rings (SSSR count). The Kier molecular flexibility index (Phi) is 6.58. The van der Waals surface area contributed by atoms with Crippen LogP contribution in [0.4, 0.5) is 5.69 Å². The first-order valence-corrected chi connectivity index (χ1v) is 11.7. The molecule has 0 aromatic heterocycles. The number of hydrogen-bond acceptors (Lipinski definition) is 5. The van der Waals surface area contributed by atoms with E-state index in [0.29, 0.717) is 29.8 Å². The maximum Gasteiger partial charge on any atom is 0.255 e. The molecular weight excluding hydrogens is 426 g/mol. The molecule has 0 aliphatic carbocycles. The minimum absolute atomic E-state index is 0.157. The number of ether oxygens (including phenoxy) is 1. The third-order valence-electron chi connectivity index (χ3n) is 7.11. The van der Waals surface area contributed by atoms with Gasteiger partial charge in [-0.3, -0.25) is 9.59 Å². The number of Topliss-reactive ketones (excluding diaryl/α,β-unsaturated/α-hetero) is 1. The van der Waals surface area contributed by atoms with Crippen molar-refractivity contribution in [2.24, 2.45) is 11.8 Å². The largest absolute Gasteiger partial charge is 0.379 e. The van der Waals surface area contributed by atoms with E-state index in [4.69, 9.17) is 10.00 Å². The quantitative estimate of drug-likeness (QED) is 0.685. The van der Waals surface area contributed by atoms with Gasteiger partial charge in [-0.05, 0) is 74.9 Å². The minimum atomic E-state index is -0.618. The van der Waals surface area contributed by atoms with Crippen LogP contribution in [-0.4, -0.2) is 24.4 Å². The summed E-state index contributed by atoms with van der Waals surface area (Å²) in [5, 5.41) is 15.6. The van der Waals surface area contributed by atoms with Crippen LogP contribution in [0.5, 0.6) is 0 Å². The molecule has 4 atom stereocenters. The zero-order chi connectivity index (χ0) is 24.5. The number of anilines is 1. The summed E-state index contributed by atoms with van der Waals surface area (Å²) in [5.41, 5.74) is 3.51. The van der Waals surface area contributed by atoms with Gasteiger partial charge >= 0.3 is 0 Å². The standard InChI is InChI=1S/C28H31N3O3/c1-17-13-21(11-12-34-17)26-19(3)31-28(4,15-25(26)32)23-9-6-10-24(18(23)2)30-27(33)22-8-5-7-20(14-22)16-29/h5-10,14,17,21,26,31H,3,11-13,15H2,1-2,4H3,(H,30,33). The van der Waals surface area contributed by atoms with Gasteiger partial charge in [-0.15, -0.1) is 0 Å². The lowest BCUT2D eigenvalue weighted by molar-refractivity contribution is -0.128. The van der Waals surface area contributed by atoms with Gasteiger partial charge in [-0.25, -0.2) is 0 Å². The fourth-order valence-corrected chi connectivity index (χ4v) is 5.47. The third-order valence-corrected chi connectivity index (χ3v) is 7.11. The minimum Gasteiger partial charge on any atom is -0.379 e. The molecular formula is C28H31N3O3. The van der Waals surface area contributed by atoms with Gasteiger partial charge in [-0.2, -0.15) is 5.26 Å². The Bertz CT molecular complexity index is 1160. The summed E-state index contributed by atoms with van der Waals surface area (Å²) in [5.74, 6) is -0.0347. The Morgan fingerprint density at radius 1 is 1.29 bits per heavy atom. The molecule has 2 saturated heterocycles. The Hall–Kier alpha value is -3.43. The molecule has 2 aromatic carbocycles. The molecule has 2 aliphatic rings. The molecule has 0 radical (unpaired) electrons. The Labute approximate surface area is 201 Å². The van der Waals surface area contributed by atoms with E-state index in [9.17, 15) is 9.59 Å². The van der Waals surface area contributed by atoms with Crippen LogP contribution in [0.25, 0.3) is 0 Å². The second-order valence-corrected chi connectivity index (χ2v) is 9.69. The SMILES string of the molecule is C=C1NC(C)(c2cccc(NC(=O)c3cccc(C#N)c3)c2C)CC(=O)C1C1CCOC(C)C1. The highest BCUT2D eigenvalue weighted by Crippen LogP contribution is 2.41. The first kappa shape index (κ1) is 23.7. The van der Waals surface area contributed by atoms with Crippen molar-refractivity contribution in [2.75, 3.05) is 11.9 Å². The number of carbonyl (C=O) groups excluding carboxylic acids is 2. The number of nitrogens with zero attached hydrogens (tertiary/aromatic N) is 1. The van der Waals surface area contributed by atoms with Crippen molar-refractivity contribution in [2.45, 2.75) is 51.7 Å². The van der Waals surface area contributed by atoms with E-state index in [1.807, 2.05) is 32.0 Å². The number of carbonyl (C=O) groups is 2. The van der Waals surface area contributed by atoms with E-state index in [1.165, 1.54) is 0 Å². The second-order valence-electron chi connectivity index (χ2n) is 9.69. The smallest absolute Gasteiger partial charge is 0.255 e. The van der Waals surface area contributed by atoms with E-state index < -0.39 is 5.54 Å². The summed E-state index contributed by atoms with van der Waals surface area (Å²) < 4.78 is 5.67. The van der Waals surface area contributed by atoms with Gasteiger partial charge in [0.1, 0.15) is 5.78 Å². The number of benzene rings is 2. The van der Waals surface area contributed by atoms with Gasteiger partial charge in [0.05, 0.1) is 29.2 Å². The molecule has 176 valence electrons. The fraction of sp³-hybridized carbons (Fsp3) is 0.393. The molecule has 2 N–H and O–H groups in total. The van der Waals surface area contributed by atoms with Crippen LogP contribution in [0.3, 0.4) is 0 Å². The number of nitrogens with one attached hydrogen (secondary N) is 2. The van der Waals surface area contributed by atoms with Crippen molar-refractivity contribution in [3.05, 3.63) is 77.0 Å². The van der Waals surface area contributed by atoms with Crippen LogP contribution in [0.15, 0.2) is 54.7 Å². The van der Waals surface area contributed by atoms with E-state index in [-0.39, 0.29) is 29.6 Å². The number of allylic oxidation sites excluding steroid dienone is 1. The summed E-state index contributed by atoms with van der Waals surface area (Å²) in [6, 6.07) is 14.4. The van der Waals surface area contributed by atoms with E-state index >= 15 is 0 Å². The van der Waals surface area contributed by atoms with Crippen LogP contribution in [-0.2, 0) is 15.1 Å². The number of ketones is 1. The molecule has 4 unspecified atom stereocenters. The van der Waals surface area contributed by atoms with Crippen molar-refractivity contribution >= 4 is 17.4 Å². The van der Waals surface area contributed by atoms with Crippen molar-refractivity contribution in [1.82, 2.24) is 5.32 Å². The maximum absolute atomic E-state index is 13.4. The zero-order valence-corrected chi connectivity index (χ0v) is 20.0. The van der Waals surface area contributed by atoms with Crippen molar-refractivity contribution in [3.8, 4) is 6.07 Å². The van der Waals surface area contributed by atoms with Crippen LogP contribution < -0.4 is 10.6 Å². The summed E-state index contributed by atoms with van der Waals surface area (Å²) in [4.78, 5) is 26.2. The number of amides is 1. The molecule has 34 heavy (non-hydrogen) atoms. The zero-order valence-electron chi connectivity index (χ0n) is 20.0. The van der Waals surface area contributed by atoms with Crippen LogP contribution >= 0.6 is 0 Å². The molecule has 0 saturated carbocycles. The van der Waals surface area contributed by atoms with Crippen molar-refractivity contribution in [3.63, 3.8) is 0 Å². The van der Waals surface area contributed by atoms with Gasteiger partial charge in [0, 0.05) is 30.0 Å². The molecule has 2 aliphatic heterocycles. The highest BCUT2D eigenvalue weighted by molar-refractivity contribution is 6.05. The monoisotopic (exact) mass is 457 g/mol. The molecule has 1 amide bonds. The summed E-state index contributed by atoms with van der Waals surface area (Å²) in [6.07, 6.45) is 2.24. The summed E-state index contributed by atoms with van der Waals surface area (Å²) in [7, 11) is 0. The van der Waals surface area contributed by atoms with Crippen molar-refractivity contribution in [1.29, 1.82) is 5.26 Å². The number of hydrogen-bond donors (Lipinski definition) is 2. The van der Waals surface area contributed by atoms with Crippen LogP contribution in [0.2, 0.25) is 0 Å². The molecule has 2 fully saturated rings. The third kappa shape index (κ3) is 4.62. The van der Waals surface area contributed by atoms with Gasteiger partial charge in [0.2, 0.25) is 0 Å². The highest BCUT2D eigenvalue weighted by atomic mass is 16.5. The van der Waals surface area contributed by atoms with Crippen molar-refractivity contribution < 1.29 is 14.3 Å². The number of rotatable bonds is 4. The normalized spacial score (nSPS) is 26.9. The average Bonchev–Trinajstić information content (AvgIpc) is 2.80. The average molecular weight is 458 g/mol. The highest BCUT2D eigenvalue weighted by Gasteiger charge is 2.44. The summed E-state index contributed by atoms with van der Waals surface area (Å²) >= 11 is 0. The summed E-state index contributed by atoms with van der Waals surface area (Å²) in [6.45, 7) is 11.0. The second kappa shape index (κ2) is 9.44. The molecule has 2 heterocycles. The molecule has 6 nitrogen and oxygen atoms in total. The lowest BCUT2D eigenvalue weighted by atomic mass is 9.71. The topological polar surface area (TPSA) is 91.2 Å². The van der Waals surface area contributed by atoms with Crippen LogP contribution in [0, 0.1) is 30.1 Å². The first-order chi connectivity index (χ1) is 16.2. The van der Waals surface area contributed by atoms with Gasteiger partial charge < -0.3 is 15.4 Å². The maximum atomic E-state index is 13.4. The van der Waals surface area contributed by atoms with Gasteiger partial charge in [-0.1, -0.05) is 24.8 Å². The van der Waals surface area contributed by atoms with Gasteiger partial charge in [0.15, 0.2) is 0 Å². The van der Waals surface area contributed by atoms with E-state index in [2.05, 4.69) is 30.2 Å². The predicted octanol–water partition coefficient (Wildman–Crippen LogP) is 4.84. The Balaban J connectivity index is 1.56.